The molecule has 1 atom stereocenters. The van der Waals surface area contributed by atoms with Crippen LogP contribution < -0.4 is 16.0 Å². The minimum atomic E-state index is 0.594. The molecule has 0 radical (unpaired) electrons. The molecule has 1 aromatic rings. The van der Waals surface area contributed by atoms with E-state index in [0.717, 1.165) is 50.1 Å². The first-order chi connectivity index (χ1) is 9.22. The third kappa shape index (κ3) is 3.80. The molecule has 0 spiro atoms. The summed E-state index contributed by atoms with van der Waals surface area (Å²) in [5.41, 5.74) is 5.80. The lowest BCUT2D eigenvalue weighted by Crippen LogP contribution is -2.39. The third-order valence-corrected chi connectivity index (χ3v) is 3.56. The van der Waals surface area contributed by atoms with E-state index >= 15 is 0 Å². The van der Waals surface area contributed by atoms with E-state index in [1.807, 2.05) is 6.92 Å². The Morgan fingerprint density at radius 2 is 2.32 bits per heavy atom. The number of piperidine rings is 1. The van der Waals surface area contributed by atoms with Crippen LogP contribution in [0, 0.1) is 12.8 Å². The predicted octanol–water partition coefficient (Wildman–Crippen LogP) is 1.78. The quantitative estimate of drug-likeness (QED) is 0.847. The molecule has 0 amide bonds. The van der Waals surface area contributed by atoms with Crippen LogP contribution in [0.15, 0.2) is 6.07 Å². The number of hydrogen-bond donors (Lipinski definition) is 2. The second-order valence-electron chi connectivity index (χ2n) is 5.28. The summed E-state index contributed by atoms with van der Waals surface area (Å²) in [6.45, 7) is 7.90. The highest BCUT2D eigenvalue weighted by molar-refractivity contribution is 5.49. The SMILES string of the molecule is CCCNc1cc(N2CCCC(CN)C2)nc(C)n1. The largest absolute Gasteiger partial charge is 0.370 e. The van der Waals surface area contributed by atoms with Crippen LogP contribution in [0.1, 0.15) is 32.0 Å². The smallest absolute Gasteiger partial charge is 0.134 e. The summed E-state index contributed by atoms with van der Waals surface area (Å²) in [5, 5.41) is 3.34. The van der Waals surface area contributed by atoms with E-state index in [4.69, 9.17) is 5.73 Å². The van der Waals surface area contributed by atoms with Crippen molar-refractivity contribution in [2.45, 2.75) is 33.1 Å². The molecule has 1 aromatic heterocycles. The molecule has 0 aliphatic carbocycles. The van der Waals surface area contributed by atoms with Crippen LogP contribution in [-0.4, -0.2) is 36.1 Å². The zero-order valence-electron chi connectivity index (χ0n) is 12.0. The summed E-state index contributed by atoms with van der Waals surface area (Å²) in [7, 11) is 0. The summed E-state index contributed by atoms with van der Waals surface area (Å²) in [4.78, 5) is 11.3. The van der Waals surface area contributed by atoms with Crippen LogP contribution in [0.4, 0.5) is 11.6 Å². The summed E-state index contributed by atoms with van der Waals surface area (Å²) in [5.74, 6) is 3.38. The average Bonchev–Trinajstić information content (AvgIpc) is 2.44. The van der Waals surface area contributed by atoms with Crippen molar-refractivity contribution < 1.29 is 0 Å². The number of rotatable bonds is 5. The summed E-state index contributed by atoms with van der Waals surface area (Å²) in [6.07, 6.45) is 3.53. The third-order valence-electron chi connectivity index (χ3n) is 3.56. The standard InChI is InChI=1S/C14H25N5/c1-3-6-16-13-8-14(18-11(2)17-13)19-7-4-5-12(9-15)10-19/h8,12H,3-7,9-10,15H2,1-2H3,(H,16,17,18). The first-order valence-electron chi connectivity index (χ1n) is 7.27. The van der Waals surface area contributed by atoms with Crippen molar-refractivity contribution in [2.24, 2.45) is 11.7 Å². The topological polar surface area (TPSA) is 67.1 Å². The van der Waals surface area contributed by atoms with Gasteiger partial charge < -0.3 is 16.0 Å². The van der Waals surface area contributed by atoms with Crippen molar-refractivity contribution in [1.82, 2.24) is 9.97 Å². The van der Waals surface area contributed by atoms with Gasteiger partial charge in [0.15, 0.2) is 0 Å². The van der Waals surface area contributed by atoms with E-state index in [1.54, 1.807) is 0 Å². The van der Waals surface area contributed by atoms with Gasteiger partial charge in [0.05, 0.1) is 0 Å². The van der Waals surface area contributed by atoms with E-state index in [9.17, 15) is 0 Å². The Kier molecular flexibility index (Phi) is 4.96. The molecule has 5 nitrogen and oxygen atoms in total. The van der Waals surface area contributed by atoms with Crippen LogP contribution in [0.3, 0.4) is 0 Å². The lowest BCUT2D eigenvalue weighted by Gasteiger charge is -2.33. The van der Waals surface area contributed by atoms with Gasteiger partial charge in [-0.15, -0.1) is 0 Å². The monoisotopic (exact) mass is 263 g/mol. The molecule has 106 valence electrons. The van der Waals surface area contributed by atoms with Gasteiger partial charge in [0.25, 0.3) is 0 Å². The van der Waals surface area contributed by atoms with Gasteiger partial charge in [0.2, 0.25) is 0 Å². The molecule has 0 bridgehead atoms. The van der Waals surface area contributed by atoms with Crippen molar-refractivity contribution in [2.75, 3.05) is 36.4 Å². The molecular formula is C14H25N5. The molecule has 3 N–H and O–H groups in total. The highest BCUT2D eigenvalue weighted by Crippen LogP contribution is 2.22. The Morgan fingerprint density at radius 3 is 3.05 bits per heavy atom. The minimum Gasteiger partial charge on any atom is -0.370 e. The average molecular weight is 263 g/mol. The highest BCUT2D eigenvalue weighted by Gasteiger charge is 2.20. The Balaban J connectivity index is 2.11. The first-order valence-corrected chi connectivity index (χ1v) is 7.27. The number of hydrogen-bond acceptors (Lipinski definition) is 5. The van der Waals surface area contributed by atoms with Gasteiger partial charge in [0, 0.05) is 25.7 Å². The van der Waals surface area contributed by atoms with E-state index < -0.39 is 0 Å². The number of nitrogens with two attached hydrogens (primary N) is 1. The molecule has 1 saturated heterocycles. The predicted molar refractivity (Wildman–Crippen MR) is 79.5 cm³/mol. The molecule has 2 rings (SSSR count). The molecule has 5 heteroatoms. The zero-order chi connectivity index (χ0) is 13.7. The van der Waals surface area contributed by atoms with Crippen molar-refractivity contribution >= 4 is 11.6 Å². The second-order valence-corrected chi connectivity index (χ2v) is 5.28. The molecule has 1 fully saturated rings. The number of aryl methyl sites for hydroxylation is 1. The molecular weight excluding hydrogens is 238 g/mol. The maximum Gasteiger partial charge on any atom is 0.134 e. The van der Waals surface area contributed by atoms with Crippen molar-refractivity contribution in [3.63, 3.8) is 0 Å². The molecule has 0 saturated carbocycles. The van der Waals surface area contributed by atoms with Gasteiger partial charge >= 0.3 is 0 Å². The van der Waals surface area contributed by atoms with Gasteiger partial charge in [-0.1, -0.05) is 6.92 Å². The number of nitrogens with zero attached hydrogens (tertiary/aromatic N) is 3. The fourth-order valence-electron chi connectivity index (χ4n) is 2.52. The van der Waals surface area contributed by atoms with Crippen LogP contribution in [0.5, 0.6) is 0 Å². The van der Waals surface area contributed by atoms with Gasteiger partial charge in [-0.2, -0.15) is 0 Å². The Bertz CT molecular complexity index is 407. The van der Waals surface area contributed by atoms with Gasteiger partial charge in [-0.05, 0) is 38.6 Å². The number of aromatic nitrogens is 2. The molecule has 2 heterocycles. The molecule has 0 aromatic carbocycles. The van der Waals surface area contributed by atoms with E-state index in [0.29, 0.717) is 5.92 Å². The van der Waals surface area contributed by atoms with Crippen LogP contribution in [0.2, 0.25) is 0 Å². The fourth-order valence-corrected chi connectivity index (χ4v) is 2.52. The molecule has 1 unspecified atom stereocenters. The van der Waals surface area contributed by atoms with Gasteiger partial charge in [-0.25, -0.2) is 9.97 Å². The van der Waals surface area contributed by atoms with Gasteiger partial charge in [0.1, 0.15) is 17.5 Å². The van der Waals surface area contributed by atoms with Crippen LogP contribution in [-0.2, 0) is 0 Å². The Hall–Kier alpha value is -1.36. The van der Waals surface area contributed by atoms with E-state index in [2.05, 4.69) is 33.2 Å². The lowest BCUT2D eigenvalue weighted by molar-refractivity contribution is 0.421. The molecule has 1 aliphatic rings. The summed E-state index contributed by atoms with van der Waals surface area (Å²) >= 11 is 0. The highest BCUT2D eigenvalue weighted by atomic mass is 15.2. The Morgan fingerprint density at radius 1 is 1.47 bits per heavy atom. The molecule has 1 aliphatic heterocycles. The van der Waals surface area contributed by atoms with Crippen LogP contribution in [0.25, 0.3) is 0 Å². The second kappa shape index (κ2) is 6.70. The normalized spacial score (nSPS) is 19.5. The maximum atomic E-state index is 5.80. The number of anilines is 2. The first kappa shape index (κ1) is 14.1. The van der Waals surface area contributed by atoms with Crippen molar-refractivity contribution in [3.05, 3.63) is 11.9 Å². The van der Waals surface area contributed by atoms with E-state index in [-0.39, 0.29) is 0 Å². The van der Waals surface area contributed by atoms with Gasteiger partial charge in [-0.3, -0.25) is 0 Å². The number of nitrogens with one attached hydrogen (secondary N) is 1. The summed E-state index contributed by atoms with van der Waals surface area (Å²) in [6, 6.07) is 2.06. The minimum absolute atomic E-state index is 0.594. The summed E-state index contributed by atoms with van der Waals surface area (Å²) < 4.78 is 0. The van der Waals surface area contributed by atoms with Crippen molar-refractivity contribution in [1.29, 1.82) is 0 Å². The fraction of sp³-hybridized carbons (Fsp3) is 0.714. The van der Waals surface area contributed by atoms with Crippen molar-refractivity contribution in [3.8, 4) is 0 Å². The Labute approximate surface area is 115 Å². The molecule has 19 heavy (non-hydrogen) atoms. The van der Waals surface area contributed by atoms with E-state index in [1.165, 1.54) is 12.8 Å². The zero-order valence-corrected chi connectivity index (χ0v) is 12.0. The van der Waals surface area contributed by atoms with Crippen LogP contribution >= 0.6 is 0 Å². The lowest BCUT2D eigenvalue weighted by atomic mass is 9.98. The maximum absolute atomic E-state index is 5.80.